The first-order chi connectivity index (χ1) is 9.15. The monoisotopic (exact) mass is 278 g/mol. The zero-order valence-corrected chi connectivity index (χ0v) is 15.1. The number of fused-ring (bicyclic) bond motifs is 4. The largest absolute Gasteiger partial charge is 0.431 e. The van der Waals surface area contributed by atoms with E-state index in [-0.39, 0.29) is 0 Å². The Bertz CT molecular complexity index is 328. The highest BCUT2D eigenvalue weighted by Crippen LogP contribution is 2.47. The molecule has 2 fully saturated rings. The van der Waals surface area contributed by atoms with Crippen LogP contribution in [0.5, 0.6) is 0 Å². The summed E-state index contributed by atoms with van der Waals surface area (Å²) in [6.45, 7) is 4.64. The summed E-state index contributed by atoms with van der Waals surface area (Å²) in [6, 6.07) is 0. The van der Waals surface area contributed by atoms with E-state index < -0.39 is 0 Å². The van der Waals surface area contributed by atoms with Crippen LogP contribution in [0.1, 0.15) is 52.4 Å². The molecule has 0 N–H and O–H groups in total. The molecule has 0 aromatic carbocycles. The number of hydrogen-bond acceptors (Lipinski definition) is 1. The number of rotatable bonds is 0. The Morgan fingerprint density at radius 3 is 1.47 bits per heavy atom. The molecule has 0 saturated heterocycles. The average Bonchev–Trinajstić information content (AvgIpc) is 3.16. The highest BCUT2D eigenvalue weighted by molar-refractivity contribution is 5.97. The lowest BCUT2D eigenvalue weighted by Gasteiger charge is -2.12. The van der Waals surface area contributed by atoms with Gasteiger partial charge in [-0.25, -0.2) is 0 Å². The molecule has 2 saturated carbocycles. The summed E-state index contributed by atoms with van der Waals surface area (Å²) < 4.78 is 4.39. The van der Waals surface area contributed by atoms with Gasteiger partial charge >= 0.3 is 0 Å². The van der Waals surface area contributed by atoms with Gasteiger partial charge in [-0.3, -0.25) is 0 Å². The summed E-state index contributed by atoms with van der Waals surface area (Å²) in [5, 5.41) is 0. The molecule has 4 bridgehead atoms. The van der Waals surface area contributed by atoms with Gasteiger partial charge in [0.25, 0.3) is 0 Å². The molecule has 4 rings (SSSR count). The van der Waals surface area contributed by atoms with Crippen LogP contribution in [0.25, 0.3) is 0 Å². The van der Waals surface area contributed by atoms with Crippen LogP contribution in [0.2, 0.25) is 0 Å². The predicted octanol–water partition coefficient (Wildman–Crippen LogP) is 3.64. The Morgan fingerprint density at radius 1 is 0.895 bits per heavy atom. The average molecular weight is 279 g/mol. The maximum atomic E-state index is 4.39. The van der Waals surface area contributed by atoms with Crippen molar-refractivity contribution in [1.29, 1.82) is 0 Å². The summed E-state index contributed by atoms with van der Waals surface area (Å²) >= 11 is 0. The molecule has 1 nitrogen and oxygen atoms in total. The SMILES string of the molecule is C1=CC2CCC1C2.CC1=C(C)C2CCC1C2.CO[SiH3]. The molecular formula is C17H30OSi. The first kappa shape index (κ1) is 15.1. The van der Waals surface area contributed by atoms with Crippen molar-refractivity contribution < 1.29 is 4.43 Å². The minimum Gasteiger partial charge on any atom is -0.431 e. The van der Waals surface area contributed by atoms with E-state index in [1.54, 1.807) is 18.3 Å². The number of hydrogen-bond donors (Lipinski definition) is 0. The van der Waals surface area contributed by atoms with Gasteiger partial charge in [0.15, 0.2) is 0 Å². The van der Waals surface area contributed by atoms with Crippen molar-refractivity contribution in [2.24, 2.45) is 23.7 Å². The van der Waals surface area contributed by atoms with Gasteiger partial charge in [-0.15, -0.1) is 0 Å². The van der Waals surface area contributed by atoms with Crippen molar-refractivity contribution >= 4 is 10.5 Å². The van der Waals surface area contributed by atoms with Crippen molar-refractivity contribution in [1.82, 2.24) is 0 Å². The maximum Gasteiger partial charge on any atom is 0.145 e. The summed E-state index contributed by atoms with van der Waals surface area (Å²) in [4.78, 5) is 0. The summed E-state index contributed by atoms with van der Waals surface area (Å²) in [5.41, 5.74) is 3.43. The second kappa shape index (κ2) is 6.89. The van der Waals surface area contributed by atoms with Crippen molar-refractivity contribution in [3.05, 3.63) is 23.3 Å². The molecule has 2 heteroatoms. The molecule has 4 atom stereocenters. The van der Waals surface area contributed by atoms with Gasteiger partial charge in [-0.2, -0.15) is 0 Å². The summed E-state index contributed by atoms with van der Waals surface area (Å²) in [5.74, 6) is 3.97. The molecule has 0 amide bonds. The standard InChI is InChI=1S/C9H14.C7H10.CH6OSi/c1-6-7(2)9-4-3-8(6)5-9;1-2-7-4-3-6(1)5-7;1-2-3/h8-9H,3-5H2,1-2H3;1-2,6-7H,3-5H2;1,3H3. The maximum absolute atomic E-state index is 4.39. The van der Waals surface area contributed by atoms with E-state index in [0.717, 1.165) is 34.2 Å². The van der Waals surface area contributed by atoms with Crippen LogP contribution in [0.3, 0.4) is 0 Å². The molecule has 4 aliphatic rings. The van der Waals surface area contributed by atoms with Gasteiger partial charge in [-0.05, 0) is 76.0 Å². The molecule has 0 heterocycles. The lowest BCUT2D eigenvalue weighted by atomic mass is 9.94. The zero-order valence-electron chi connectivity index (χ0n) is 13.1. The summed E-state index contributed by atoms with van der Waals surface area (Å²) in [6.07, 6.45) is 13.6. The van der Waals surface area contributed by atoms with Crippen molar-refractivity contribution in [3.63, 3.8) is 0 Å². The number of allylic oxidation sites excluding steroid dienone is 4. The highest BCUT2D eigenvalue weighted by Gasteiger charge is 2.34. The summed E-state index contributed by atoms with van der Waals surface area (Å²) in [7, 11) is 2.56. The molecule has 0 radical (unpaired) electrons. The van der Waals surface area contributed by atoms with E-state index in [4.69, 9.17) is 0 Å². The Morgan fingerprint density at radius 2 is 1.32 bits per heavy atom. The lowest BCUT2D eigenvalue weighted by molar-refractivity contribution is 0.460. The Balaban J connectivity index is 0.000000119. The van der Waals surface area contributed by atoms with Crippen LogP contribution in [-0.4, -0.2) is 17.6 Å². The van der Waals surface area contributed by atoms with Gasteiger partial charge in [-0.1, -0.05) is 23.3 Å². The van der Waals surface area contributed by atoms with E-state index in [9.17, 15) is 0 Å². The van der Waals surface area contributed by atoms with Crippen LogP contribution in [0.4, 0.5) is 0 Å². The third-order valence-electron chi connectivity index (χ3n) is 5.45. The van der Waals surface area contributed by atoms with E-state index in [1.807, 2.05) is 0 Å². The zero-order chi connectivity index (χ0) is 13.8. The lowest BCUT2D eigenvalue weighted by Crippen LogP contribution is -1.96. The Kier molecular flexibility index (Phi) is 5.46. The molecule has 108 valence electrons. The Hall–Kier alpha value is -0.343. The van der Waals surface area contributed by atoms with E-state index in [2.05, 4.69) is 30.4 Å². The van der Waals surface area contributed by atoms with Gasteiger partial charge < -0.3 is 4.43 Å². The molecular weight excluding hydrogens is 248 g/mol. The fourth-order valence-electron chi connectivity index (χ4n) is 4.13. The fraction of sp³-hybridized carbons (Fsp3) is 0.765. The third kappa shape index (κ3) is 3.60. The Labute approximate surface area is 122 Å². The smallest absolute Gasteiger partial charge is 0.145 e. The van der Waals surface area contributed by atoms with Crippen LogP contribution in [-0.2, 0) is 4.43 Å². The van der Waals surface area contributed by atoms with Crippen LogP contribution >= 0.6 is 0 Å². The molecule has 0 aromatic heterocycles. The van der Waals surface area contributed by atoms with E-state index in [1.165, 1.54) is 38.5 Å². The molecule has 19 heavy (non-hydrogen) atoms. The molecule has 0 aromatic rings. The molecule has 4 unspecified atom stereocenters. The van der Waals surface area contributed by atoms with Crippen molar-refractivity contribution in [2.75, 3.05) is 7.11 Å². The van der Waals surface area contributed by atoms with Crippen LogP contribution < -0.4 is 0 Å². The second-order valence-corrected chi connectivity index (χ2v) is 7.52. The molecule has 0 aliphatic heterocycles. The minimum absolute atomic E-state index is 0.869. The molecule has 4 aliphatic carbocycles. The van der Waals surface area contributed by atoms with Gasteiger partial charge in [0, 0.05) is 7.11 Å². The highest BCUT2D eigenvalue weighted by atomic mass is 28.2. The van der Waals surface area contributed by atoms with Crippen molar-refractivity contribution in [2.45, 2.75) is 52.4 Å². The third-order valence-corrected chi connectivity index (χ3v) is 5.45. The van der Waals surface area contributed by atoms with Crippen LogP contribution in [0, 0.1) is 23.7 Å². The normalized spacial score (nSPS) is 37.2. The van der Waals surface area contributed by atoms with Crippen LogP contribution in [0.15, 0.2) is 23.3 Å². The fourth-order valence-corrected chi connectivity index (χ4v) is 4.13. The van der Waals surface area contributed by atoms with Gasteiger partial charge in [0.1, 0.15) is 10.5 Å². The molecule has 0 spiro atoms. The van der Waals surface area contributed by atoms with Gasteiger partial charge in [0.05, 0.1) is 0 Å². The van der Waals surface area contributed by atoms with Crippen molar-refractivity contribution in [3.8, 4) is 0 Å². The van der Waals surface area contributed by atoms with E-state index in [0.29, 0.717) is 0 Å². The first-order valence-corrected chi connectivity index (χ1v) is 8.73. The quantitative estimate of drug-likeness (QED) is 0.485. The minimum atomic E-state index is 0.869. The topological polar surface area (TPSA) is 9.23 Å². The van der Waals surface area contributed by atoms with Gasteiger partial charge in [0.2, 0.25) is 0 Å². The first-order valence-electron chi connectivity index (χ1n) is 7.91. The van der Waals surface area contributed by atoms with E-state index >= 15 is 0 Å². The predicted molar refractivity (Wildman–Crippen MR) is 86.1 cm³/mol. The second-order valence-electron chi connectivity index (χ2n) is 6.70.